The number of benzene rings is 1. The number of halogens is 1. The molecular weight excluding hydrogens is 241 g/mol. The molecule has 19 heavy (non-hydrogen) atoms. The van der Waals surface area contributed by atoms with Crippen LogP contribution in [0.1, 0.15) is 38.7 Å². The number of aryl methyl sites for hydroxylation is 1. The molecule has 2 N–H and O–H groups in total. The Morgan fingerprint density at radius 1 is 1.32 bits per heavy atom. The van der Waals surface area contributed by atoms with Gasteiger partial charge in [-0.05, 0) is 55.4 Å². The quantitative estimate of drug-likeness (QED) is 0.872. The highest BCUT2D eigenvalue weighted by Crippen LogP contribution is 2.39. The zero-order valence-corrected chi connectivity index (χ0v) is 12.0. The third-order valence-electron chi connectivity index (χ3n) is 4.47. The van der Waals surface area contributed by atoms with E-state index in [0.717, 1.165) is 24.1 Å². The Bertz CT molecular complexity index is 428. The Morgan fingerprint density at radius 2 is 2.05 bits per heavy atom. The predicted octanol–water partition coefficient (Wildman–Crippen LogP) is 3.73. The molecule has 1 fully saturated rings. The Balaban J connectivity index is 2.26. The summed E-state index contributed by atoms with van der Waals surface area (Å²) in [7, 11) is 0. The molecule has 0 aliphatic heterocycles. The predicted molar refractivity (Wildman–Crippen MR) is 76.8 cm³/mol. The number of anilines is 1. The Labute approximate surface area is 115 Å². The van der Waals surface area contributed by atoms with Crippen molar-refractivity contribution in [2.24, 2.45) is 11.8 Å². The molecule has 1 aliphatic rings. The summed E-state index contributed by atoms with van der Waals surface area (Å²) >= 11 is 0. The molecule has 0 spiro atoms. The van der Waals surface area contributed by atoms with Crippen LogP contribution in [0.3, 0.4) is 0 Å². The van der Waals surface area contributed by atoms with Gasteiger partial charge in [0.15, 0.2) is 0 Å². The molecule has 0 saturated heterocycles. The minimum Gasteiger partial charge on any atom is -0.394 e. The maximum atomic E-state index is 13.5. The highest BCUT2D eigenvalue weighted by molar-refractivity contribution is 5.48. The lowest BCUT2D eigenvalue weighted by molar-refractivity contribution is 0.103. The molecule has 0 aromatic heterocycles. The lowest BCUT2D eigenvalue weighted by Crippen LogP contribution is -2.51. The summed E-state index contributed by atoms with van der Waals surface area (Å²) in [6.07, 6.45) is 3.23. The summed E-state index contributed by atoms with van der Waals surface area (Å²) in [5, 5.41) is 13.3. The van der Waals surface area contributed by atoms with E-state index in [2.05, 4.69) is 19.2 Å². The summed E-state index contributed by atoms with van der Waals surface area (Å²) in [5.74, 6) is 0.745. The van der Waals surface area contributed by atoms with Crippen molar-refractivity contribution in [1.82, 2.24) is 0 Å². The number of hydrogen-bond acceptors (Lipinski definition) is 2. The van der Waals surface area contributed by atoms with Gasteiger partial charge in [0.05, 0.1) is 12.1 Å². The van der Waals surface area contributed by atoms with Crippen LogP contribution < -0.4 is 5.32 Å². The van der Waals surface area contributed by atoms with Crippen LogP contribution in [0.4, 0.5) is 10.1 Å². The van der Waals surface area contributed by atoms with Gasteiger partial charge in [-0.1, -0.05) is 20.3 Å². The van der Waals surface area contributed by atoms with Crippen LogP contribution in [0.15, 0.2) is 18.2 Å². The minimum atomic E-state index is -0.322. The minimum absolute atomic E-state index is 0.0913. The van der Waals surface area contributed by atoms with Crippen LogP contribution in [0, 0.1) is 24.6 Å². The number of hydrogen-bond donors (Lipinski definition) is 2. The van der Waals surface area contributed by atoms with Crippen LogP contribution >= 0.6 is 0 Å². The van der Waals surface area contributed by atoms with Crippen molar-refractivity contribution in [3.63, 3.8) is 0 Å². The van der Waals surface area contributed by atoms with Gasteiger partial charge >= 0.3 is 0 Å². The Hall–Kier alpha value is -1.09. The van der Waals surface area contributed by atoms with Gasteiger partial charge in [0, 0.05) is 5.69 Å². The average Bonchev–Trinajstić information content (AvgIpc) is 2.32. The standard InChI is InChI=1S/C16H24FNO/c1-11-4-5-13(3)16(9-11,10-19)18-15-7-12(2)6-14(17)8-15/h6-8,11,13,18-19H,4-5,9-10H2,1-3H3. The summed E-state index contributed by atoms with van der Waals surface area (Å²) in [4.78, 5) is 0. The SMILES string of the molecule is Cc1cc(F)cc(NC2(CO)CC(C)CCC2C)c1. The van der Waals surface area contributed by atoms with Crippen molar-refractivity contribution in [3.05, 3.63) is 29.6 Å². The second kappa shape index (κ2) is 5.49. The molecule has 1 aromatic rings. The zero-order valence-electron chi connectivity index (χ0n) is 12.0. The first-order valence-corrected chi connectivity index (χ1v) is 7.11. The van der Waals surface area contributed by atoms with Crippen molar-refractivity contribution in [3.8, 4) is 0 Å². The van der Waals surface area contributed by atoms with E-state index in [0.29, 0.717) is 11.8 Å². The Morgan fingerprint density at radius 3 is 2.68 bits per heavy atom. The average molecular weight is 265 g/mol. The van der Waals surface area contributed by atoms with E-state index in [1.807, 2.05) is 13.0 Å². The van der Waals surface area contributed by atoms with E-state index in [1.165, 1.54) is 18.6 Å². The van der Waals surface area contributed by atoms with E-state index < -0.39 is 0 Å². The molecule has 3 atom stereocenters. The number of aliphatic hydroxyl groups excluding tert-OH is 1. The molecular formula is C16H24FNO. The molecule has 0 heterocycles. The molecule has 0 amide bonds. The molecule has 1 aliphatic carbocycles. The van der Waals surface area contributed by atoms with Gasteiger partial charge in [0.25, 0.3) is 0 Å². The molecule has 0 radical (unpaired) electrons. The largest absolute Gasteiger partial charge is 0.394 e. The number of rotatable bonds is 3. The molecule has 2 rings (SSSR count). The summed E-state index contributed by atoms with van der Waals surface area (Å²) in [6.45, 7) is 6.36. The van der Waals surface area contributed by atoms with Crippen LogP contribution in [0.5, 0.6) is 0 Å². The molecule has 1 aromatic carbocycles. The van der Waals surface area contributed by atoms with Crippen molar-refractivity contribution >= 4 is 5.69 Å². The van der Waals surface area contributed by atoms with Crippen LogP contribution in [0.25, 0.3) is 0 Å². The van der Waals surface area contributed by atoms with Gasteiger partial charge in [0.1, 0.15) is 5.82 Å². The fraction of sp³-hybridized carbons (Fsp3) is 0.625. The van der Waals surface area contributed by atoms with Gasteiger partial charge < -0.3 is 10.4 Å². The zero-order chi connectivity index (χ0) is 14.0. The van der Waals surface area contributed by atoms with Crippen molar-refractivity contribution in [2.75, 3.05) is 11.9 Å². The molecule has 2 nitrogen and oxygen atoms in total. The summed E-state index contributed by atoms with van der Waals surface area (Å²) in [6, 6.07) is 4.96. The van der Waals surface area contributed by atoms with Crippen LogP contribution in [-0.2, 0) is 0 Å². The molecule has 0 bridgehead atoms. The molecule has 3 heteroatoms. The highest BCUT2D eigenvalue weighted by atomic mass is 19.1. The van der Waals surface area contributed by atoms with Crippen molar-refractivity contribution in [2.45, 2.75) is 45.6 Å². The second-order valence-electron chi connectivity index (χ2n) is 6.24. The maximum Gasteiger partial charge on any atom is 0.125 e. The number of nitrogens with one attached hydrogen (secondary N) is 1. The lowest BCUT2D eigenvalue weighted by Gasteiger charge is -2.45. The third-order valence-corrected chi connectivity index (χ3v) is 4.47. The first-order chi connectivity index (χ1) is 8.95. The van der Waals surface area contributed by atoms with E-state index in [1.54, 1.807) is 0 Å². The smallest absolute Gasteiger partial charge is 0.125 e. The van der Waals surface area contributed by atoms with Gasteiger partial charge in [-0.2, -0.15) is 0 Å². The fourth-order valence-corrected chi connectivity index (χ4v) is 3.27. The summed E-state index contributed by atoms with van der Waals surface area (Å²) in [5.41, 5.74) is 1.34. The monoisotopic (exact) mass is 265 g/mol. The van der Waals surface area contributed by atoms with E-state index in [-0.39, 0.29) is 18.0 Å². The fourth-order valence-electron chi connectivity index (χ4n) is 3.27. The van der Waals surface area contributed by atoms with Crippen molar-refractivity contribution < 1.29 is 9.50 Å². The maximum absolute atomic E-state index is 13.5. The van der Waals surface area contributed by atoms with E-state index >= 15 is 0 Å². The van der Waals surface area contributed by atoms with Gasteiger partial charge in [0.2, 0.25) is 0 Å². The lowest BCUT2D eigenvalue weighted by atomic mass is 9.70. The molecule has 106 valence electrons. The van der Waals surface area contributed by atoms with Crippen LogP contribution in [0.2, 0.25) is 0 Å². The van der Waals surface area contributed by atoms with Crippen molar-refractivity contribution in [1.29, 1.82) is 0 Å². The van der Waals surface area contributed by atoms with Gasteiger partial charge in [-0.15, -0.1) is 0 Å². The van der Waals surface area contributed by atoms with E-state index in [9.17, 15) is 9.50 Å². The van der Waals surface area contributed by atoms with Gasteiger partial charge in [-0.25, -0.2) is 4.39 Å². The first kappa shape index (κ1) is 14.3. The third kappa shape index (κ3) is 3.08. The summed E-state index contributed by atoms with van der Waals surface area (Å²) < 4.78 is 13.5. The van der Waals surface area contributed by atoms with E-state index in [4.69, 9.17) is 0 Å². The highest BCUT2D eigenvalue weighted by Gasteiger charge is 2.40. The van der Waals surface area contributed by atoms with Gasteiger partial charge in [-0.3, -0.25) is 0 Å². The Kier molecular flexibility index (Phi) is 4.14. The second-order valence-corrected chi connectivity index (χ2v) is 6.24. The first-order valence-electron chi connectivity index (χ1n) is 7.11. The topological polar surface area (TPSA) is 32.3 Å². The molecule has 3 unspecified atom stereocenters. The van der Waals surface area contributed by atoms with Crippen LogP contribution in [-0.4, -0.2) is 17.3 Å². The molecule has 1 saturated carbocycles. The normalized spacial score (nSPS) is 31.2. The number of aliphatic hydroxyl groups is 1.